The van der Waals surface area contributed by atoms with Gasteiger partial charge in [0.05, 0.1) is 13.2 Å². The molecule has 0 radical (unpaired) electrons. The average molecular weight is 270 g/mol. The molecule has 6 heteroatoms. The van der Waals surface area contributed by atoms with Gasteiger partial charge in [-0.15, -0.1) is 10.2 Å². The van der Waals surface area contributed by atoms with E-state index in [4.69, 9.17) is 4.74 Å². The lowest BCUT2D eigenvalue weighted by Gasteiger charge is -2.31. The first-order chi connectivity index (χ1) is 8.81. The first-order valence-corrected chi connectivity index (χ1v) is 7.41. The smallest absolute Gasteiger partial charge is 0.205 e. The van der Waals surface area contributed by atoms with Gasteiger partial charge in [0.1, 0.15) is 5.01 Å². The van der Waals surface area contributed by atoms with Crippen molar-refractivity contribution in [2.75, 3.05) is 38.7 Å². The molecule has 5 nitrogen and oxygen atoms in total. The van der Waals surface area contributed by atoms with Crippen LogP contribution in [-0.4, -0.2) is 48.4 Å². The van der Waals surface area contributed by atoms with Crippen molar-refractivity contribution in [3.63, 3.8) is 0 Å². The number of anilines is 1. The molecule has 0 saturated carbocycles. The maximum absolute atomic E-state index is 5.25. The number of likely N-dealkylation sites (tertiary alicyclic amines) is 1. The fraction of sp³-hybridized carbons (Fsp3) is 0.833. The van der Waals surface area contributed by atoms with E-state index >= 15 is 0 Å². The van der Waals surface area contributed by atoms with E-state index in [-0.39, 0.29) is 0 Å². The zero-order valence-corrected chi connectivity index (χ0v) is 12.0. The second-order valence-corrected chi connectivity index (χ2v) is 5.79. The third-order valence-electron chi connectivity index (χ3n) is 3.16. The van der Waals surface area contributed by atoms with Gasteiger partial charge < -0.3 is 10.1 Å². The summed E-state index contributed by atoms with van der Waals surface area (Å²) in [6.45, 7) is 7.04. The van der Waals surface area contributed by atoms with Crippen molar-refractivity contribution in [3.05, 3.63) is 5.01 Å². The topological polar surface area (TPSA) is 50.3 Å². The van der Waals surface area contributed by atoms with Gasteiger partial charge in [-0.3, -0.25) is 4.90 Å². The van der Waals surface area contributed by atoms with Crippen molar-refractivity contribution in [2.24, 2.45) is 5.92 Å². The quantitative estimate of drug-likeness (QED) is 0.854. The minimum Gasteiger partial charge on any atom is -0.384 e. The number of hydrogen-bond donors (Lipinski definition) is 1. The van der Waals surface area contributed by atoms with E-state index in [1.807, 2.05) is 0 Å². The zero-order valence-electron chi connectivity index (χ0n) is 11.2. The van der Waals surface area contributed by atoms with Crippen LogP contribution in [0.25, 0.3) is 0 Å². The molecule has 1 aliphatic rings. The largest absolute Gasteiger partial charge is 0.384 e. The highest BCUT2D eigenvalue weighted by atomic mass is 32.1. The van der Waals surface area contributed by atoms with Gasteiger partial charge in [0.25, 0.3) is 0 Å². The summed E-state index contributed by atoms with van der Waals surface area (Å²) in [5.41, 5.74) is 0. The Morgan fingerprint density at radius 2 is 2.39 bits per heavy atom. The van der Waals surface area contributed by atoms with Crippen molar-refractivity contribution in [2.45, 2.75) is 26.3 Å². The van der Waals surface area contributed by atoms with Gasteiger partial charge in [-0.1, -0.05) is 11.3 Å². The highest BCUT2D eigenvalue weighted by Gasteiger charge is 2.20. The first-order valence-electron chi connectivity index (χ1n) is 6.59. The third-order valence-corrected chi connectivity index (χ3v) is 4.02. The van der Waals surface area contributed by atoms with E-state index in [0.29, 0.717) is 5.92 Å². The molecule has 1 aromatic rings. The Morgan fingerprint density at radius 3 is 3.17 bits per heavy atom. The van der Waals surface area contributed by atoms with Gasteiger partial charge in [0, 0.05) is 20.2 Å². The molecule has 2 rings (SSSR count). The zero-order chi connectivity index (χ0) is 12.8. The second-order valence-electron chi connectivity index (χ2n) is 4.73. The van der Waals surface area contributed by atoms with Crippen LogP contribution in [0.1, 0.15) is 24.8 Å². The number of rotatable bonds is 6. The molecule has 0 aromatic carbocycles. The summed E-state index contributed by atoms with van der Waals surface area (Å²) in [4.78, 5) is 2.46. The fourth-order valence-corrected chi connectivity index (χ4v) is 3.25. The molecular formula is C12H22N4OS. The van der Waals surface area contributed by atoms with Crippen LogP contribution >= 0.6 is 11.3 Å². The molecule has 1 N–H and O–H groups in total. The number of nitrogens with one attached hydrogen (secondary N) is 1. The maximum atomic E-state index is 5.25. The Bertz CT molecular complexity index is 356. The Kier molecular flexibility index (Phi) is 5.34. The van der Waals surface area contributed by atoms with Crippen LogP contribution in [0.5, 0.6) is 0 Å². The molecule has 2 heterocycles. The Morgan fingerprint density at radius 1 is 1.50 bits per heavy atom. The number of ether oxygens (including phenoxy) is 1. The molecular weight excluding hydrogens is 248 g/mol. The van der Waals surface area contributed by atoms with E-state index < -0.39 is 0 Å². The van der Waals surface area contributed by atoms with E-state index in [2.05, 4.69) is 27.3 Å². The van der Waals surface area contributed by atoms with Gasteiger partial charge in [0.15, 0.2) is 0 Å². The number of aromatic nitrogens is 2. The lowest BCUT2D eigenvalue weighted by Crippen LogP contribution is -2.36. The number of piperidine rings is 1. The summed E-state index contributed by atoms with van der Waals surface area (Å²) in [6.07, 6.45) is 2.54. The normalized spacial score (nSPS) is 21.1. The Balaban J connectivity index is 1.84. The molecule has 1 fully saturated rings. The molecule has 1 atom stereocenters. The van der Waals surface area contributed by atoms with Crippen molar-refractivity contribution in [1.29, 1.82) is 0 Å². The summed E-state index contributed by atoms with van der Waals surface area (Å²) in [5, 5.41) is 13.6. The summed E-state index contributed by atoms with van der Waals surface area (Å²) in [6, 6.07) is 0. The molecule has 0 bridgehead atoms. The molecule has 0 amide bonds. The molecule has 102 valence electrons. The highest BCUT2D eigenvalue weighted by Crippen LogP contribution is 2.21. The van der Waals surface area contributed by atoms with Crippen molar-refractivity contribution < 1.29 is 4.74 Å². The third kappa shape index (κ3) is 3.90. The van der Waals surface area contributed by atoms with Crippen LogP contribution in [0.15, 0.2) is 0 Å². The summed E-state index contributed by atoms with van der Waals surface area (Å²) < 4.78 is 5.25. The predicted octanol–water partition coefficient (Wildman–Crippen LogP) is 1.83. The average Bonchev–Trinajstić information content (AvgIpc) is 2.78. The van der Waals surface area contributed by atoms with Gasteiger partial charge in [-0.25, -0.2) is 0 Å². The molecule has 0 spiro atoms. The first kappa shape index (κ1) is 13.7. The maximum Gasteiger partial charge on any atom is 0.205 e. The molecule has 18 heavy (non-hydrogen) atoms. The summed E-state index contributed by atoms with van der Waals surface area (Å²) in [5.74, 6) is 0.671. The number of methoxy groups -OCH3 is 1. The van der Waals surface area contributed by atoms with Gasteiger partial charge in [0.2, 0.25) is 5.13 Å². The number of nitrogens with zero attached hydrogens (tertiary/aromatic N) is 3. The monoisotopic (exact) mass is 270 g/mol. The minimum absolute atomic E-state index is 0.671. The van der Waals surface area contributed by atoms with Crippen LogP contribution in [0.3, 0.4) is 0 Å². The van der Waals surface area contributed by atoms with Crippen LogP contribution in [-0.2, 0) is 11.3 Å². The van der Waals surface area contributed by atoms with Crippen LogP contribution in [0.2, 0.25) is 0 Å². The SMILES string of the molecule is CCNc1nnc(CN2CCCC(COC)C2)s1. The molecule has 1 aromatic heterocycles. The Labute approximate surface area is 113 Å². The lowest BCUT2D eigenvalue weighted by atomic mass is 9.99. The summed E-state index contributed by atoms with van der Waals surface area (Å²) >= 11 is 1.66. The van der Waals surface area contributed by atoms with Crippen LogP contribution < -0.4 is 5.32 Å². The van der Waals surface area contributed by atoms with Crippen molar-refractivity contribution in [3.8, 4) is 0 Å². The van der Waals surface area contributed by atoms with E-state index in [0.717, 1.165) is 42.9 Å². The van der Waals surface area contributed by atoms with Gasteiger partial charge >= 0.3 is 0 Å². The summed E-state index contributed by atoms with van der Waals surface area (Å²) in [7, 11) is 1.78. The molecule has 1 saturated heterocycles. The van der Waals surface area contributed by atoms with E-state index in [1.165, 1.54) is 12.8 Å². The lowest BCUT2D eigenvalue weighted by molar-refractivity contribution is 0.0872. The molecule has 1 aliphatic heterocycles. The minimum atomic E-state index is 0.671. The van der Waals surface area contributed by atoms with Crippen molar-refractivity contribution in [1.82, 2.24) is 15.1 Å². The van der Waals surface area contributed by atoms with Crippen LogP contribution in [0, 0.1) is 5.92 Å². The van der Waals surface area contributed by atoms with Crippen molar-refractivity contribution >= 4 is 16.5 Å². The molecule has 0 aliphatic carbocycles. The molecule has 1 unspecified atom stereocenters. The van der Waals surface area contributed by atoms with E-state index in [9.17, 15) is 0 Å². The second kappa shape index (κ2) is 7.01. The van der Waals surface area contributed by atoms with Gasteiger partial charge in [-0.2, -0.15) is 0 Å². The van der Waals surface area contributed by atoms with E-state index in [1.54, 1.807) is 18.4 Å². The predicted molar refractivity (Wildman–Crippen MR) is 73.9 cm³/mol. The number of hydrogen-bond acceptors (Lipinski definition) is 6. The standard InChI is InChI=1S/C12H22N4OS/c1-3-13-12-15-14-11(18-12)8-16-6-4-5-10(7-16)9-17-2/h10H,3-9H2,1-2H3,(H,13,15). The van der Waals surface area contributed by atoms with Gasteiger partial charge in [-0.05, 0) is 32.2 Å². The fourth-order valence-electron chi connectivity index (χ4n) is 2.40. The van der Waals surface area contributed by atoms with Crippen LogP contribution in [0.4, 0.5) is 5.13 Å². The Hall–Kier alpha value is -0.720. The highest BCUT2D eigenvalue weighted by molar-refractivity contribution is 7.15.